The van der Waals surface area contributed by atoms with Gasteiger partial charge in [0.2, 0.25) is 0 Å². The molecule has 1 aromatic heterocycles. The van der Waals surface area contributed by atoms with E-state index >= 15 is 0 Å². The SMILES string of the molecule is Cc1nc2ccccc2nc1C(=O)CBr. The lowest BCUT2D eigenvalue weighted by atomic mass is 10.2. The van der Waals surface area contributed by atoms with Crippen LogP contribution in [0.2, 0.25) is 0 Å². The highest BCUT2D eigenvalue weighted by Crippen LogP contribution is 2.13. The van der Waals surface area contributed by atoms with Crippen LogP contribution in [0, 0.1) is 6.92 Å². The molecule has 0 spiro atoms. The summed E-state index contributed by atoms with van der Waals surface area (Å²) in [6, 6.07) is 7.53. The van der Waals surface area contributed by atoms with Gasteiger partial charge in [0.1, 0.15) is 5.69 Å². The summed E-state index contributed by atoms with van der Waals surface area (Å²) in [5.41, 5.74) is 2.71. The quantitative estimate of drug-likeness (QED) is 0.619. The van der Waals surface area contributed by atoms with Gasteiger partial charge in [-0.25, -0.2) is 9.97 Å². The molecule has 0 aliphatic carbocycles. The zero-order chi connectivity index (χ0) is 10.8. The number of aromatic nitrogens is 2. The summed E-state index contributed by atoms with van der Waals surface area (Å²) in [4.78, 5) is 20.2. The van der Waals surface area contributed by atoms with Crippen molar-refractivity contribution in [1.29, 1.82) is 0 Å². The topological polar surface area (TPSA) is 42.9 Å². The second kappa shape index (κ2) is 4.06. The Bertz CT molecular complexity index is 525. The molecule has 0 atom stereocenters. The largest absolute Gasteiger partial charge is 0.291 e. The van der Waals surface area contributed by atoms with Crippen LogP contribution in [0.4, 0.5) is 0 Å². The van der Waals surface area contributed by atoms with Crippen LogP contribution in [0.25, 0.3) is 11.0 Å². The lowest BCUT2D eigenvalue weighted by Gasteiger charge is -2.03. The smallest absolute Gasteiger partial charge is 0.193 e. The van der Waals surface area contributed by atoms with Gasteiger partial charge >= 0.3 is 0 Å². The van der Waals surface area contributed by atoms with Gasteiger partial charge in [0.15, 0.2) is 5.78 Å². The third-order valence-electron chi connectivity index (χ3n) is 2.13. The summed E-state index contributed by atoms with van der Waals surface area (Å²) in [5, 5.41) is 0.279. The van der Waals surface area contributed by atoms with Crippen LogP contribution in [-0.2, 0) is 0 Å². The van der Waals surface area contributed by atoms with Crippen LogP contribution in [0.5, 0.6) is 0 Å². The molecule has 0 saturated heterocycles. The Balaban J connectivity index is 2.67. The van der Waals surface area contributed by atoms with E-state index in [1.807, 2.05) is 24.3 Å². The maximum absolute atomic E-state index is 11.5. The molecule has 2 rings (SSSR count). The number of nitrogens with zero attached hydrogens (tertiary/aromatic N) is 2. The number of Topliss-reactive ketones (excluding diaryl/α,β-unsaturated/α-hetero) is 1. The fourth-order valence-electron chi connectivity index (χ4n) is 1.42. The second-order valence-electron chi connectivity index (χ2n) is 3.20. The molecular formula is C11H9BrN2O. The number of hydrogen-bond acceptors (Lipinski definition) is 3. The molecule has 0 radical (unpaired) electrons. The van der Waals surface area contributed by atoms with Crippen LogP contribution in [0.15, 0.2) is 24.3 Å². The van der Waals surface area contributed by atoms with E-state index in [-0.39, 0.29) is 11.1 Å². The third-order valence-corrected chi connectivity index (χ3v) is 2.64. The van der Waals surface area contributed by atoms with Gasteiger partial charge < -0.3 is 0 Å². The standard InChI is InChI=1S/C11H9BrN2O/c1-7-11(10(15)6-12)14-9-5-3-2-4-8(9)13-7/h2-5H,6H2,1H3. The van der Waals surface area contributed by atoms with E-state index in [9.17, 15) is 4.79 Å². The van der Waals surface area contributed by atoms with Crippen molar-refractivity contribution in [3.05, 3.63) is 35.7 Å². The molecule has 76 valence electrons. The summed E-state index contributed by atoms with van der Waals surface area (Å²) in [6.07, 6.45) is 0. The molecule has 1 heterocycles. The number of benzene rings is 1. The Labute approximate surface area is 95.7 Å². The van der Waals surface area contributed by atoms with Crippen molar-refractivity contribution in [1.82, 2.24) is 9.97 Å². The Kier molecular flexibility index (Phi) is 2.77. The molecule has 3 nitrogen and oxygen atoms in total. The zero-order valence-electron chi connectivity index (χ0n) is 8.20. The molecule has 4 heteroatoms. The van der Waals surface area contributed by atoms with Crippen LogP contribution >= 0.6 is 15.9 Å². The predicted octanol–water partition coefficient (Wildman–Crippen LogP) is 2.52. The van der Waals surface area contributed by atoms with Gasteiger partial charge in [0, 0.05) is 0 Å². The molecule has 0 bridgehead atoms. The molecular weight excluding hydrogens is 256 g/mol. The monoisotopic (exact) mass is 264 g/mol. The van der Waals surface area contributed by atoms with Gasteiger partial charge in [-0.3, -0.25) is 4.79 Å². The summed E-state index contributed by atoms with van der Waals surface area (Å²) < 4.78 is 0. The van der Waals surface area contributed by atoms with Crippen molar-refractivity contribution in [2.75, 3.05) is 5.33 Å². The number of para-hydroxylation sites is 2. The number of alkyl halides is 1. The minimum absolute atomic E-state index is 0.0363. The minimum Gasteiger partial charge on any atom is -0.291 e. The normalized spacial score (nSPS) is 10.5. The Morgan fingerprint density at radius 1 is 1.27 bits per heavy atom. The Morgan fingerprint density at radius 2 is 1.87 bits per heavy atom. The molecule has 0 fully saturated rings. The van der Waals surface area contributed by atoms with Crippen LogP contribution < -0.4 is 0 Å². The van der Waals surface area contributed by atoms with E-state index in [4.69, 9.17) is 0 Å². The Morgan fingerprint density at radius 3 is 2.47 bits per heavy atom. The van der Waals surface area contributed by atoms with Gasteiger partial charge in [0.25, 0.3) is 0 Å². The number of hydrogen-bond donors (Lipinski definition) is 0. The van der Waals surface area contributed by atoms with Crippen LogP contribution in [0.3, 0.4) is 0 Å². The van der Waals surface area contributed by atoms with E-state index in [1.54, 1.807) is 6.92 Å². The molecule has 0 aliphatic heterocycles. The van der Waals surface area contributed by atoms with Crippen molar-refractivity contribution in [2.24, 2.45) is 0 Å². The van der Waals surface area contributed by atoms with Gasteiger partial charge in [-0.05, 0) is 19.1 Å². The third kappa shape index (κ3) is 1.90. The fraction of sp³-hybridized carbons (Fsp3) is 0.182. The molecule has 0 aliphatic rings. The number of fused-ring (bicyclic) bond motifs is 1. The fourth-order valence-corrected chi connectivity index (χ4v) is 1.68. The highest BCUT2D eigenvalue weighted by atomic mass is 79.9. The average Bonchev–Trinajstić information content (AvgIpc) is 2.27. The molecule has 15 heavy (non-hydrogen) atoms. The summed E-state index contributed by atoms with van der Waals surface area (Å²) >= 11 is 3.13. The van der Waals surface area contributed by atoms with E-state index in [0.717, 1.165) is 11.0 Å². The van der Waals surface area contributed by atoms with Crippen LogP contribution in [-0.4, -0.2) is 21.1 Å². The van der Waals surface area contributed by atoms with Crippen molar-refractivity contribution in [3.8, 4) is 0 Å². The minimum atomic E-state index is -0.0363. The van der Waals surface area contributed by atoms with E-state index in [0.29, 0.717) is 11.4 Å². The lowest BCUT2D eigenvalue weighted by Crippen LogP contribution is -2.07. The summed E-state index contributed by atoms with van der Waals surface area (Å²) in [6.45, 7) is 1.80. The summed E-state index contributed by atoms with van der Waals surface area (Å²) in [5.74, 6) is -0.0363. The maximum Gasteiger partial charge on any atom is 0.193 e. The number of carbonyl (C=O) groups is 1. The molecule has 2 aromatic rings. The Hall–Kier alpha value is -1.29. The van der Waals surface area contributed by atoms with Crippen molar-refractivity contribution in [2.45, 2.75) is 6.92 Å². The molecule has 0 amide bonds. The van der Waals surface area contributed by atoms with Crippen molar-refractivity contribution < 1.29 is 4.79 Å². The number of rotatable bonds is 2. The van der Waals surface area contributed by atoms with Crippen molar-refractivity contribution >= 4 is 32.7 Å². The van der Waals surface area contributed by atoms with E-state index in [1.165, 1.54) is 0 Å². The van der Waals surface area contributed by atoms with Gasteiger partial charge in [-0.1, -0.05) is 28.1 Å². The first-order chi connectivity index (χ1) is 7.22. The van der Waals surface area contributed by atoms with E-state index in [2.05, 4.69) is 25.9 Å². The van der Waals surface area contributed by atoms with Gasteiger partial charge in [0.05, 0.1) is 22.1 Å². The van der Waals surface area contributed by atoms with Gasteiger partial charge in [-0.2, -0.15) is 0 Å². The first-order valence-corrected chi connectivity index (χ1v) is 5.67. The average molecular weight is 265 g/mol. The first-order valence-electron chi connectivity index (χ1n) is 4.55. The lowest BCUT2D eigenvalue weighted by molar-refractivity contribution is 0.101. The second-order valence-corrected chi connectivity index (χ2v) is 3.76. The van der Waals surface area contributed by atoms with Crippen LogP contribution in [0.1, 0.15) is 16.2 Å². The van der Waals surface area contributed by atoms with Gasteiger partial charge in [-0.15, -0.1) is 0 Å². The summed E-state index contributed by atoms with van der Waals surface area (Å²) in [7, 11) is 0. The maximum atomic E-state index is 11.5. The molecule has 0 saturated carbocycles. The highest BCUT2D eigenvalue weighted by Gasteiger charge is 2.11. The number of aryl methyl sites for hydroxylation is 1. The number of carbonyl (C=O) groups excluding carboxylic acids is 1. The first kappa shape index (κ1) is 10.2. The number of ketones is 1. The molecule has 0 unspecified atom stereocenters. The molecule has 0 N–H and O–H groups in total. The van der Waals surface area contributed by atoms with E-state index < -0.39 is 0 Å². The van der Waals surface area contributed by atoms with Crippen molar-refractivity contribution in [3.63, 3.8) is 0 Å². The zero-order valence-corrected chi connectivity index (χ0v) is 9.78. The predicted molar refractivity (Wildman–Crippen MR) is 62.4 cm³/mol. The highest BCUT2D eigenvalue weighted by molar-refractivity contribution is 9.09. The molecule has 1 aromatic carbocycles. The number of halogens is 1.